The molecule has 0 saturated carbocycles. The second-order valence-corrected chi connectivity index (χ2v) is 13.9. The lowest BCUT2D eigenvalue weighted by molar-refractivity contribution is -0.255. The molecule has 0 N–H and O–H groups in total. The number of fused-ring (bicyclic) bond motifs is 4. The molecule has 8 rings (SSSR count). The van der Waals surface area contributed by atoms with Gasteiger partial charge in [-0.3, -0.25) is 0 Å². The zero-order chi connectivity index (χ0) is 29.6. The first-order chi connectivity index (χ1) is 20.8. The Hall–Kier alpha value is -2.44. The van der Waals surface area contributed by atoms with Gasteiger partial charge >= 0.3 is 0 Å². The highest BCUT2D eigenvalue weighted by molar-refractivity contribution is 6.53. The van der Waals surface area contributed by atoms with Crippen LogP contribution in [0.25, 0.3) is 5.57 Å². The second kappa shape index (κ2) is 10.6. The van der Waals surface area contributed by atoms with Crippen LogP contribution >= 0.6 is 46.4 Å². The highest BCUT2D eigenvalue weighted by atomic mass is 35.5. The molecule has 5 nitrogen and oxygen atoms in total. The van der Waals surface area contributed by atoms with Crippen molar-refractivity contribution in [3.05, 3.63) is 81.7 Å². The summed E-state index contributed by atoms with van der Waals surface area (Å²) in [5.74, 6) is 0.127. The van der Waals surface area contributed by atoms with Crippen LogP contribution in [-0.2, 0) is 25.7 Å². The first-order valence-corrected chi connectivity index (χ1v) is 16.9. The van der Waals surface area contributed by atoms with Crippen molar-refractivity contribution in [1.29, 1.82) is 0 Å². The summed E-state index contributed by atoms with van der Waals surface area (Å²) in [6.07, 6.45) is 10.2. The topological polar surface area (TPSA) is 55.6 Å². The molecule has 3 aromatic carbocycles. The van der Waals surface area contributed by atoms with Crippen molar-refractivity contribution in [3.63, 3.8) is 0 Å². The lowest BCUT2D eigenvalue weighted by Crippen LogP contribution is -2.41. The van der Waals surface area contributed by atoms with Gasteiger partial charge in [0.15, 0.2) is 0 Å². The van der Waals surface area contributed by atoms with Gasteiger partial charge in [0.1, 0.15) is 24.6 Å². The van der Waals surface area contributed by atoms with Gasteiger partial charge in [0.05, 0.1) is 31.6 Å². The summed E-state index contributed by atoms with van der Waals surface area (Å²) in [7, 11) is 0. The number of hydrogen-bond acceptors (Lipinski definition) is 4. The first-order valence-electron chi connectivity index (χ1n) is 15.4. The van der Waals surface area contributed by atoms with Crippen LogP contribution in [0.2, 0.25) is 20.1 Å². The summed E-state index contributed by atoms with van der Waals surface area (Å²) in [6.45, 7) is 4.12. The molecule has 43 heavy (non-hydrogen) atoms. The van der Waals surface area contributed by atoms with Crippen LogP contribution in [0.15, 0.2) is 12.1 Å². The van der Waals surface area contributed by atoms with Gasteiger partial charge < -0.3 is 19.5 Å². The van der Waals surface area contributed by atoms with Crippen molar-refractivity contribution in [2.75, 3.05) is 31.1 Å². The number of anilines is 1. The van der Waals surface area contributed by atoms with Crippen molar-refractivity contribution in [3.8, 4) is 11.5 Å². The van der Waals surface area contributed by atoms with Crippen molar-refractivity contribution in [2.24, 2.45) is 0 Å². The smallest absolute Gasteiger partial charge is 0.210 e. The third kappa shape index (κ3) is 4.18. The van der Waals surface area contributed by atoms with Crippen molar-refractivity contribution in [2.45, 2.75) is 64.2 Å². The van der Waals surface area contributed by atoms with Crippen molar-refractivity contribution < 1.29 is 14.6 Å². The molecule has 0 bridgehead atoms. The second-order valence-electron chi connectivity index (χ2n) is 12.3. The number of aromatic carboxylic acids is 1. The van der Waals surface area contributed by atoms with Gasteiger partial charge in [0, 0.05) is 70.2 Å². The minimum atomic E-state index is -1.45. The molecule has 0 saturated heterocycles. The van der Waals surface area contributed by atoms with E-state index >= 15 is 0 Å². The standard InChI is InChI=1S/C34H30Cl4N2O3/c35-26-24(25(34(41)42)27(36)29(38)28(26)37)23-21-15-17-7-1-3-11-39-13-5-9-19(30(17)39)32(21)43-33-20-10-6-14-40-12-4-2-8-18(31(20)40)16-22(23)33/h15-16H,1-14H2. The summed E-state index contributed by atoms with van der Waals surface area (Å²) >= 11 is 26.7. The fourth-order valence-corrected chi connectivity index (χ4v) is 9.18. The Morgan fingerprint density at radius 3 is 2.33 bits per heavy atom. The molecule has 9 heteroatoms. The third-order valence-electron chi connectivity index (χ3n) is 9.91. The number of hydrogen-bond donors (Lipinski definition) is 0. The monoisotopic (exact) mass is 654 g/mol. The van der Waals surface area contributed by atoms with Gasteiger partial charge in [-0.25, -0.2) is 4.58 Å². The Morgan fingerprint density at radius 2 is 1.49 bits per heavy atom. The molecular formula is C34H30Cl4N2O3. The average Bonchev–Trinajstić information content (AvgIpc) is 3.35. The van der Waals surface area contributed by atoms with Gasteiger partial charge in [-0.1, -0.05) is 46.4 Å². The van der Waals surface area contributed by atoms with Crippen molar-refractivity contribution in [1.82, 2.24) is 4.58 Å². The van der Waals surface area contributed by atoms with E-state index in [1.54, 1.807) is 0 Å². The summed E-state index contributed by atoms with van der Waals surface area (Å²) in [5.41, 5.74) is 7.70. The molecule has 0 radical (unpaired) electrons. The van der Waals surface area contributed by atoms with Crippen molar-refractivity contribution >= 4 is 63.6 Å². The summed E-state index contributed by atoms with van der Waals surface area (Å²) in [5, 5.41) is 14.8. The predicted octanol–water partition coefficient (Wildman–Crippen LogP) is 5.88. The predicted molar refractivity (Wildman–Crippen MR) is 170 cm³/mol. The van der Waals surface area contributed by atoms with Gasteiger partial charge in [-0.05, 0) is 69.1 Å². The molecule has 5 heterocycles. The molecule has 0 unspecified atom stereocenters. The molecule has 5 aliphatic rings. The van der Waals surface area contributed by atoms with Crippen LogP contribution in [0.5, 0.6) is 11.5 Å². The third-order valence-corrected chi connectivity index (χ3v) is 11.7. The van der Waals surface area contributed by atoms with E-state index in [2.05, 4.69) is 21.6 Å². The Morgan fingerprint density at radius 1 is 0.767 bits per heavy atom. The quantitative estimate of drug-likeness (QED) is 0.154. The molecule has 0 fully saturated rings. The lowest BCUT2D eigenvalue weighted by Gasteiger charge is -2.36. The number of halogens is 4. The van der Waals surface area contributed by atoms with Crippen LogP contribution in [0.1, 0.15) is 82.3 Å². The Labute approximate surface area is 270 Å². The average molecular weight is 656 g/mol. The zero-order valence-electron chi connectivity index (χ0n) is 23.7. The van der Waals surface area contributed by atoms with Gasteiger partial charge in [0.25, 0.3) is 0 Å². The van der Waals surface area contributed by atoms with Gasteiger partial charge in [-0.15, -0.1) is 0 Å². The van der Waals surface area contributed by atoms with Crippen LogP contribution in [-0.4, -0.2) is 32.1 Å². The lowest BCUT2D eigenvalue weighted by atomic mass is 9.83. The van der Waals surface area contributed by atoms with E-state index in [0.29, 0.717) is 5.57 Å². The molecular weight excluding hydrogens is 626 g/mol. The largest absolute Gasteiger partial charge is 0.545 e. The number of carbonyl (C=O) groups is 1. The van der Waals surface area contributed by atoms with E-state index in [1.165, 1.54) is 33.3 Å². The number of rotatable bonds is 2. The van der Waals surface area contributed by atoms with Crippen LogP contribution < -0.4 is 29.9 Å². The highest BCUT2D eigenvalue weighted by Crippen LogP contribution is 2.51. The van der Waals surface area contributed by atoms with Crippen LogP contribution in [0.3, 0.4) is 0 Å². The highest BCUT2D eigenvalue weighted by Gasteiger charge is 2.37. The number of carboxylic acid groups (broad SMARTS) is 1. The summed E-state index contributed by atoms with van der Waals surface area (Å²) in [6, 6.07) is 4.40. The molecule has 0 atom stereocenters. The number of nitrogens with zero attached hydrogens (tertiary/aromatic N) is 2. The SMILES string of the molecule is O=C([O-])c1c(Cl)c(Cl)c(Cl)c(Cl)c1C1=c2cc3c4c(c2Oc2c1cc1c5c2CCCN5CCCC1)CCC[N+]=4CCCC3. The van der Waals surface area contributed by atoms with E-state index in [-0.39, 0.29) is 31.2 Å². The number of benzene rings is 3. The van der Waals surface area contributed by atoms with E-state index in [9.17, 15) is 9.90 Å². The van der Waals surface area contributed by atoms with E-state index in [1.807, 2.05) is 0 Å². The van der Waals surface area contributed by atoms with Crippen LogP contribution in [0, 0.1) is 0 Å². The molecule has 0 aromatic heterocycles. The minimum absolute atomic E-state index is 0.0278. The number of carboxylic acids is 1. The number of carbonyl (C=O) groups excluding carboxylic acids is 1. The Balaban J connectivity index is 1.58. The minimum Gasteiger partial charge on any atom is -0.545 e. The number of aryl methyl sites for hydroxylation is 2. The summed E-state index contributed by atoms with van der Waals surface area (Å²) < 4.78 is 9.62. The molecule has 5 aliphatic heterocycles. The Bertz CT molecular complexity index is 1900. The molecule has 0 amide bonds. The maximum absolute atomic E-state index is 12.8. The Kier molecular flexibility index (Phi) is 6.91. The first kappa shape index (κ1) is 28.1. The van der Waals surface area contributed by atoms with E-state index in [4.69, 9.17) is 51.1 Å². The van der Waals surface area contributed by atoms with E-state index in [0.717, 1.165) is 113 Å². The normalized spacial score (nSPS) is 18.6. The number of ether oxygens (including phenoxy) is 1. The fourth-order valence-electron chi connectivity index (χ4n) is 8.16. The molecule has 0 spiro atoms. The maximum atomic E-state index is 12.8. The molecule has 222 valence electrons. The van der Waals surface area contributed by atoms with Crippen LogP contribution in [0.4, 0.5) is 5.69 Å². The van der Waals surface area contributed by atoms with Gasteiger partial charge in [-0.2, -0.15) is 0 Å². The zero-order valence-corrected chi connectivity index (χ0v) is 26.7. The molecule has 0 aliphatic carbocycles. The summed E-state index contributed by atoms with van der Waals surface area (Å²) in [4.78, 5) is 15.3. The van der Waals surface area contributed by atoms with Gasteiger partial charge in [0.2, 0.25) is 5.36 Å². The van der Waals surface area contributed by atoms with E-state index < -0.39 is 5.97 Å². The maximum Gasteiger partial charge on any atom is 0.210 e. The molecule has 3 aromatic rings. The fraction of sp³-hybridized carbons (Fsp3) is 0.412.